The first-order chi connectivity index (χ1) is 14.0. The Balaban J connectivity index is 1.93. The van der Waals surface area contributed by atoms with Crippen LogP contribution in [-0.4, -0.2) is 19.0 Å². The number of fused-ring (bicyclic) bond motifs is 1. The van der Waals surface area contributed by atoms with Gasteiger partial charge in [-0.2, -0.15) is 0 Å². The maximum atomic E-state index is 13.5. The Hall–Kier alpha value is -3.18. The maximum absolute atomic E-state index is 13.5. The van der Waals surface area contributed by atoms with Gasteiger partial charge in [0.25, 0.3) is 5.91 Å². The van der Waals surface area contributed by atoms with Gasteiger partial charge in [-0.15, -0.1) is 0 Å². The summed E-state index contributed by atoms with van der Waals surface area (Å²) in [5, 5.41) is 1.96. The molecule has 0 spiro atoms. The molecule has 1 aliphatic heterocycles. The van der Waals surface area contributed by atoms with Gasteiger partial charge in [0.1, 0.15) is 0 Å². The third-order valence-electron chi connectivity index (χ3n) is 5.00. The van der Waals surface area contributed by atoms with E-state index in [-0.39, 0.29) is 11.5 Å². The predicted molar refractivity (Wildman–Crippen MR) is 118 cm³/mol. The highest BCUT2D eigenvalue weighted by Gasteiger charge is 2.38. The Morgan fingerprint density at radius 1 is 1.00 bits per heavy atom. The maximum Gasteiger partial charge on any atom is 0.340 e. The van der Waals surface area contributed by atoms with Crippen LogP contribution in [0.5, 0.6) is 0 Å². The standard InChI is InChI=1S/C24H18BrNO3/c1-15-22(24(28)29-2)19(14-17-9-4-6-12-20(17)25)23(27)26(15)21-13-7-10-16-8-3-5-11-18(16)21/h3-14H,1-2H3. The van der Waals surface area contributed by atoms with Crippen LogP contribution in [0.4, 0.5) is 5.69 Å². The van der Waals surface area contributed by atoms with Crippen LogP contribution in [0.1, 0.15) is 12.5 Å². The van der Waals surface area contributed by atoms with Crippen molar-refractivity contribution in [3.63, 3.8) is 0 Å². The second kappa shape index (κ2) is 7.68. The molecule has 0 aliphatic carbocycles. The molecule has 1 aliphatic rings. The van der Waals surface area contributed by atoms with E-state index in [1.54, 1.807) is 17.9 Å². The van der Waals surface area contributed by atoms with E-state index in [9.17, 15) is 9.59 Å². The van der Waals surface area contributed by atoms with Crippen LogP contribution in [0.3, 0.4) is 0 Å². The molecule has 1 amide bonds. The number of hydrogen-bond donors (Lipinski definition) is 0. The molecule has 5 heteroatoms. The summed E-state index contributed by atoms with van der Waals surface area (Å²) in [7, 11) is 1.32. The second-order valence-electron chi connectivity index (χ2n) is 6.67. The van der Waals surface area contributed by atoms with Gasteiger partial charge in [0.2, 0.25) is 0 Å². The van der Waals surface area contributed by atoms with Crippen LogP contribution in [0.2, 0.25) is 0 Å². The first kappa shape index (κ1) is 19.2. The van der Waals surface area contributed by atoms with E-state index in [0.29, 0.717) is 11.3 Å². The number of benzene rings is 3. The molecule has 29 heavy (non-hydrogen) atoms. The van der Waals surface area contributed by atoms with Gasteiger partial charge >= 0.3 is 5.97 Å². The second-order valence-corrected chi connectivity index (χ2v) is 7.52. The number of rotatable bonds is 3. The Morgan fingerprint density at radius 2 is 1.69 bits per heavy atom. The van der Waals surface area contributed by atoms with Gasteiger partial charge in [-0.25, -0.2) is 4.79 Å². The largest absolute Gasteiger partial charge is 0.465 e. The average molecular weight is 448 g/mol. The molecule has 0 fully saturated rings. The molecule has 0 saturated carbocycles. The molecule has 0 aromatic heterocycles. The van der Waals surface area contributed by atoms with Gasteiger partial charge in [0, 0.05) is 15.6 Å². The summed E-state index contributed by atoms with van der Waals surface area (Å²) in [6.45, 7) is 1.77. The Morgan fingerprint density at radius 3 is 2.45 bits per heavy atom. The van der Waals surface area contributed by atoms with E-state index in [1.165, 1.54) is 7.11 Å². The molecule has 0 unspecified atom stereocenters. The SMILES string of the molecule is COC(=O)C1=C(C)N(c2cccc3ccccc23)C(=O)C1=Cc1ccccc1Br. The van der Waals surface area contributed by atoms with Gasteiger partial charge in [-0.05, 0) is 36.1 Å². The van der Waals surface area contributed by atoms with Crippen molar-refractivity contribution in [1.82, 2.24) is 0 Å². The van der Waals surface area contributed by atoms with Crippen LogP contribution in [0.25, 0.3) is 16.8 Å². The Bertz CT molecular complexity index is 1200. The number of esters is 1. The summed E-state index contributed by atoms with van der Waals surface area (Å²) in [6, 6.07) is 21.2. The van der Waals surface area contributed by atoms with Crippen molar-refractivity contribution in [2.45, 2.75) is 6.92 Å². The summed E-state index contributed by atoms with van der Waals surface area (Å²) in [4.78, 5) is 27.7. The minimum Gasteiger partial charge on any atom is -0.465 e. The van der Waals surface area contributed by atoms with Crippen molar-refractivity contribution < 1.29 is 14.3 Å². The molecule has 4 nitrogen and oxygen atoms in total. The first-order valence-electron chi connectivity index (χ1n) is 9.11. The summed E-state index contributed by atoms with van der Waals surface area (Å²) in [5.74, 6) is -0.785. The topological polar surface area (TPSA) is 46.6 Å². The highest BCUT2D eigenvalue weighted by Crippen LogP contribution is 2.39. The fourth-order valence-corrected chi connectivity index (χ4v) is 4.02. The quantitative estimate of drug-likeness (QED) is 0.394. The summed E-state index contributed by atoms with van der Waals surface area (Å²) in [6.07, 6.45) is 1.73. The zero-order chi connectivity index (χ0) is 20.5. The number of methoxy groups -OCH3 is 1. The zero-order valence-electron chi connectivity index (χ0n) is 16.0. The van der Waals surface area contributed by atoms with Gasteiger partial charge in [0.15, 0.2) is 0 Å². The summed E-state index contributed by atoms with van der Waals surface area (Å²) < 4.78 is 5.83. The molecule has 3 aromatic rings. The smallest absolute Gasteiger partial charge is 0.340 e. The van der Waals surface area contributed by atoms with Gasteiger partial charge < -0.3 is 4.74 Å². The fraction of sp³-hybridized carbons (Fsp3) is 0.0833. The van der Waals surface area contributed by atoms with E-state index in [2.05, 4.69) is 15.9 Å². The Kier molecular flexibility index (Phi) is 5.07. The van der Waals surface area contributed by atoms with Crippen LogP contribution in [0.15, 0.2) is 88.0 Å². The number of hydrogen-bond acceptors (Lipinski definition) is 3. The van der Waals surface area contributed by atoms with E-state index in [4.69, 9.17) is 4.74 Å². The highest BCUT2D eigenvalue weighted by atomic mass is 79.9. The van der Waals surface area contributed by atoms with Gasteiger partial charge in [0.05, 0.1) is 23.9 Å². The number of carbonyl (C=O) groups is 2. The molecular formula is C24H18BrNO3. The van der Waals surface area contributed by atoms with Crippen molar-refractivity contribution in [1.29, 1.82) is 0 Å². The van der Waals surface area contributed by atoms with Crippen molar-refractivity contribution in [3.8, 4) is 0 Å². The molecule has 3 aromatic carbocycles. The number of nitrogens with zero attached hydrogens (tertiary/aromatic N) is 1. The first-order valence-corrected chi connectivity index (χ1v) is 9.90. The van der Waals surface area contributed by atoms with Crippen molar-refractivity contribution in [2.75, 3.05) is 12.0 Å². The number of ether oxygens (including phenoxy) is 1. The molecule has 4 rings (SSSR count). The molecule has 0 atom stereocenters. The van der Waals surface area contributed by atoms with Crippen LogP contribution in [0, 0.1) is 0 Å². The van der Waals surface area contributed by atoms with E-state index in [1.807, 2.05) is 66.7 Å². The summed E-state index contributed by atoms with van der Waals surface area (Å²) in [5.41, 5.74) is 2.69. The average Bonchev–Trinajstić information content (AvgIpc) is 2.98. The lowest BCUT2D eigenvalue weighted by atomic mass is 10.0. The molecule has 0 bridgehead atoms. The predicted octanol–water partition coefficient (Wildman–Crippen LogP) is 5.48. The van der Waals surface area contributed by atoms with Crippen LogP contribution >= 0.6 is 15.9 Å². The van der Waals surface area contributed by atoms with Crippen LogP contribution in [-0.2, 0) is 14.3 Å². The number of carbonyl (C=O) groups excluding carboxylic acids is 2. The minimum atomic E-state index is -0.531. The van der Waals surface area contributed by atoms with E-state index >= 15 is 0 Å². The van der Waals surface area contributed by atoms with Crippen molar-refractivity contribution in [3.05, 3.63) is 93.6 Å². The number of anilines is 1. The minimum absolute atomic E-state index is 0.255. The third-order valence-corrected chi connectivity index (χ3v) is 5.72. The highest BCUT2D eigenvalue weighted by molar-refractivity contribution is 9.10. The number of halogens is 1. The van der Waals surface area contributed by atoms with Gasteiger partial charge in [-0.3, -0.25) is 9.69 Å². The number of amides is 1. The molecular weight excluding hydrogens is 430 g/mol. The van der Waals surface area contributed by atoms with Crippen molar-refractivity contribution >= 4 is 50.3 Å². The fourth-order valence-electron chi connectivity index (χ4n) is 3.62. The molecule has 0 saturated heterocycles. The molecule has 144 valence electrons. The van der Waals surface area contributed by atoms with E-state index < -0.39 is 5.97 Å². The molecule has 0 N–H and O–H groups in total. The van der Waals surface area contributed by atoms with Crippen molar-refractivity contribution in [2.24, 2.45) is 0 Å². The zero-order valence-corrected chi connectivity index (χ0v) is 17.6. The van der Waals surface area contributed by atoms with Crippen LogP contribution < -0.4 is 4.90 Å². The monoisotopic (exact) mass is 447 g/mol. The molecule has 1 heterocycles. The lowest BCUT2D eigenvalue weighted by Gasteiger charge is -2.20. The normalized spacial score (nSPS) is 15.5. The third kappa shape index (κ3) is 3.28. The summed E-state index contributed by atoms with van der Waals surface area (Å²) >= 11 is 3.50. The Labute approximate surface area is 177 Å². The molecule has 0 radical (unpaired) electrons. The van der Waals surface area contributed by atoms with Gasteiger partial charge in [-0.1, -0.05) is 70.5 Å². The lowest BCUT2D eigenvalue weighted by molar-refractivity contribution is -0.136. The van der Waals surface area contributed by atoms with E-state index in [0.717, 1.165) is 26.5 Å². The lowest BCUT2D eigenvalue weighted by Crippen LogP contribution is -2.24. The number of allylic oxidation sites excluding steroid dienone is 1.